The monoisotopic (exact) mass is 290 g/mol. The molecule has 3 heteroatoms. The predicted molar refractivity (Wildman–Crippen MR) is 83.6 cm³/mol. The van der Waals surface area contributed by atoms with Crippen LogP contribution in [0.3, 0.4) is 0 Å². The second-order valence-electron chi connectivity index (χ2n) is 6.79. The van der Waals surface area contributed by atoms with Crippen LogP contribution in [0.4, 0.5) is 0 Å². The molecule has 0 heterocycles. The molecule has 0 amide bonds. The fraction of sp³-hybridized carbons (Fsp3) is 0.611. The van der Waals surface area contributed by atoms with Gasteiger partial charge in [-0.3, -0.25) is 4.79 Å². The Bertz CT molecular complexity index is 487. The number of hydrogen-bond acceptors (Lipinski definition) is 3. The summed E-state index contributed by atoms with van der Waals surface area (Å²) in [5.74, 6) is 0.955. The highest BCUT2D eigenvalue weighted by Crippen LogP contribution is 2.40. The highest BCUT2D eigenvalue weighted by molar-refractivity contribution is 5.66. The van der Waals surface area contributed by atoms with Crippen molar-refractivity contribution < 1.29 is 14.3 Å². The number of esters is 1. The molecule has 3 nitrogen and oxygen atoms in total. The van der Waals surface area contributed by atoms with Gasteiger partial charge < -0.3 is 9.47 Å². The molecule has 0 saturated heterocycles. The quantitative estimate of drug-likeness (QED) is 0.771. The van der Waals surface area contributed by atoms with Crippen molar-refractivity contribution in [2.24, 2.45) is 0 Å². The number of carbonyl (C=O) groups is 1. The maximum atomic E-state index is 11.3. The maximum Gasteiger partial charge on any atom is 0.302 e. The van der Waals surface area contributed by atoms with Crippen LogP contribution < -0.4 is 4.74 Å². The lowest BCUT2D eigenvalue weighted by molar-refractivity contribution is -0.148. The van der Waals surface area contributed by atoms with Crippen LogP contribution >= 0.6 is 0 Å². The second kappa shape index (κ2) is 6.50. The largest absolute Gasteiger partial charge is 0.488 e. The molecule has 1 fully saturated rings. The molecule has 2 rings (SSSR count). The number of benzene rings is 1. The van der Waals surface area contributed by atoms with Crippen molar-refractivity contribution in [2.75, 3.05) is 0 Å². The molecule has 0 aliphatic heterocycles. The number of carbonyl (C=O) groups excluding carboxylic acids is 1. The van der Waals surface area contributed by atoms with Crippen LogP contribution in [0.2, 0.25) is 0 Å². The van der Waals surface area contributed by atoms with Crippen molar-refractivity contribution >= 4 is 5.97 Å². The van der Waals surface area contributed by atoms with Gasteiger partial charge in [0.2, 0.25) is 0 Å². The fourth-order valence-electron chi connectivity index (χ4n) is 3.02. The van der Waals surface area contributed by atoms with Gasteiger partial charge in [0.25, 0.3) is 0 Å². The molecule has 0 N–H and O–H groups in total. The summed E-state index contributed by atoms with van der Waals surface area (Å²) in [7, 11) is 0. The number of hydrogen-bond donors (Lipinski definition) is 0. The summed E-state index contributed by atoms with van der Waals surface area (Å²) < 4.78 is 11.6. The van der Waals surface area contributed by atoms with Crippen LogP contribution in [0.1, 0.15) is 64.9 Å². The Labute approximate surface area is 127 Å². The summed E-state index contributed by atoms with van der Waals surface area (Å²) in [4.78, 5) is 11.3. The lowest BCUT2D eigenvalue weighted by Crippen LogP contribution is -2.29. The molecule has 2 atom stereocenters. The Morgan fingerprint density at radius 3 is 2.48 bits per heavy atom. The molecule has 1 aromatic carbocycles. The van der Waals surface area contributed by atoms with Crippen molar-refractivity contribution in [1.82, 2.24) is 0 Å². The highest BCUT2D eigenvalue weighted by atomic mass is 16.5. The Morgan fingerprint density at radius 2 is 1.81 bits per heavy atom. The van der Waals surface area contributed by atoms with E-state index in [-0.39, 0.29) is 23.6 Å². The van der Waals surface area contributed by atoms with Gasteiger partial charge in [0, 0.05) is 18.4 Å². The molecular weight excluding hydrogens is 264 g/mol. The van der Waals surface area contributed by atoms with Crippen LogP contribution in [0.15, 0.2) is 24.3 Å². The zero-order valence-electron chi connectivity index (χ0n) is 13.5. The van der Waals surface area contributed by atoms with E-state index in [2.05, 4.69) is 6.07 Å². The Hall–Kier alpha value is -1.51. The normalized spacial score (nSPS) is 22.7. The molecule has 1 aromatic rings. The van der Waals surface area contributed by atoms with Crippen LogP contribution in [-0.2, 0) is 9.53 Å². The second-order valence-corrected chi connectivity index (χ2v) is 6.79. The third-order valence-electron chi connectivity index (χ3n) is 3.75. The van der Waals surface area contributed by atoms with Gasteiger partial charge in [0.1, 0.15) is 17.5 Å². The molecule has 116 valence electrons. The van der Waals surface area contributed by atoms with Gasteiger partial charge in [-0.2, -0.15) is 0 Å². The lowest BCUT2D eigenvalue weighted by atomic mass is 9.81. The summed E-state index contributed by atoms with van der Waals surface area (Å²) in [6, 6.07) is 8.14. The van der Waals surface area contributed by atoms with E-state index in [9.17, 15) is 4.79 Å². The topological polar surface area (TPSA) is 35.5 Å². The van der Waals surface area contributed by atoms with Crippen LogP contribution in [0.25, 0.3) is 0 Å². The van der Waals surface area contributed by atoms with E-state index >= 15 is 0 Å². The van der Waals surface area contributed by atoms with E-state index in [0.29, 0.717) is 0 Å². The number of rotatable bonds is 3. The minimum Gasteiger partial charge on any atom is -0.488 e. The average molecular weight is 290 g/mol. The number of para-hydroxylation sites is 1. The maximum absolute atomic E-state index is 11.3. The van der Waals surface area contributed by atoms with Gasteiger partial charge in [-0.25, -0.2) is 0 Å². The summed E-state index contributed by atoms with van der Waals surface area (Å²) in [5, 5.41) is 0. The first-order valence-corrected chi connectivity index (χ1v) is 7.82. The Balaban J connectivity index is 2.27. The van der Waals surface area contributed by atoms with Crippen LogP contribution in [0, 0.1) is 0 Å². The molecular formula is C18H26O3. The lowest BCUT2D eigenvalue weighted by Gasteiger charge is -2.33. The van der Waals surface area contributed by atoms with E-state index in [4.69, 9.17) is 9.47 Å². The van der Waals surface area contributed by atoms with Gasteiger partial charge in [-0.1, -0.05) is 24.6 Å². The molecule has 1 aliphatic carbocycles. The van der Waals surface area contributed by atoms with E-state index in [0.717, 1.165) is 25.0 Å². The minimum atomic E-state index is -0.234. The molecule has 21 heavy (non-hydrogen) atoms. The predicted octanol–water partition coefficient (Wildman–Crippen LogP) is 4.45. The highest BCUT2D eigenvalue weighted by Gasteiger charge is 2.31. The molecule has 0 aromatic heterocycles. The van der Waals surface area contributed by atoms with Crippen LogP contribution in [-0.4, -0.2) is 17.7 Å². The summed E-state index contributed by atoms with van der Waals surface area (Å²) in [6.45, 7) is 7.64. The fourth-order valence-corrected chi connectivity index (χ4v) is 3.02. The summed E-state index contributed by atoms with van der Waals surface area (Å²) in [5.41, 5.74) is 0.931. The van der Waals surface area contributed by atoms with Crippen molar-refractivity contribution in [2.45, 2.75) is 71.0 Å². The van der Waals surface area contributed by atoms with Crippen molar-refractivity contribution in [1.29, 1.82) is 0 Å². The first-order chi connectivity index (χ1) is 9.87. The number of ether oxygens (including phenoxy) is 2. The van der Waals surface area contributed by atoms with Crippen molar-refractivity contribution in [3.8, 4) is 5.75 Å². The smallest absolute Gasteiger partial charge is 0.302 e. The molecule has 1 aliphatic rings. The molecule has 0 radical (unpaired) electrons. The van der Waals surface area contributed by atoms with Crippen molar-refractivity contribution in [3.63, 3.8) is 0 Å². The van der Waals surface area contributed by atoms with E-state index in [1.807, 2.05) is 39.0 Å². The average Bonchev–Trinajstić information content (AvgIpc) is 2.38. The van der Waals surface area contributed by atoms with E-state index in [1.165, 1.54) is 18.9 Å². The third-order valence-corrected chi connectivity index (χ3v) is 3.75. The Kier molecular flexibility index (Phi) is 4.92. The van der Waals surface area contributed by atoms with Gasteiger partial charge in [-0.15, -0.1) is 0 Å². The standard InChI is InChI=1S/C18H26O3/c1-13(19)20-16-11-7-5-9-14(16)15-10-6-8-12-17(15)21-18(2,3)4/h6,8,10,12,14,16H,5,7,9,11H2,1-4H3/t14-,16+/m1/s1. The molecule has 0 unspecified atom stereocenters. The van der Waals surface area contributed by atoms with E-state index < -0.39 is 0 Å². The zero-order chi connectivity index (χ0) is 15.5. The van der Waals surface area contributed by atoms with Gasteiger partial charge in [0.15, 0.2) is 0 Å². The summed E-state index contributed by atoms with van der Waals surface area (Å²) in [6.07, 6.45) is 4.25. The molecule has 1 saturated carbocycles. The van der Waals surface area contributed by atoms with Crippen LogP contribution in [0.5, 0.6) is 5.75 Å². The van der Waals surface area contributed by atoms with Gasteiger partial charge >= 0.3 is 5.97 Å². The van der Waals surface area contributed by atoms with Gasteiger partial charge in [-0.05, 0) is 46.1 Å². The first kappa shape index (κ1) is 15.9. The Morgan fingerprint density at radius 1 is 1.14 bits per heavy atom. The minimum absolute atomic E-state index is 0.0269. The third kappa shape index (κ3) is 4.48. The van der Waals surface area contributed by atoms with Gasteiger partial charge in [0.05, 0.1) is 0 Å². The SMILES string of the molecule is CC(=O)O[C@H]1CCCC[C@@H]1c1ccccc1OC(C)(C)C. The summed E-state index contributed by atoms with van der Waals surface area (Å²) >= 11 is 0. The first-order valence-electron chi connectivity index (χ1n) is 7.82. The molecule has 0 bridgehead atoms. The van der Waals surface area contributed by atoms with E-state index in [1.54, 1.807) is 0 Å². The zero-order valence-corrected chi connectivity index (χ0v) is 13.5. The molecule has 0 spiro atoms. The van der Waals surface area contributed by atoms with Crippen molar-refractivity contribution in [3.05, 3.63) is 29.8 Å².